The van der Waals surface area contributed by atoms with E-state index >= 15 is 0 Å². The molecule has 0 aliphatic heterocycles. The number of rotatable bonds is 6. The first-order valence-electron chi connectivity index (χ1n) is 6.13. The van der Waals surface area contributed by atoms with Gasteiger partial charge < -0.3 is 23.8 Å². The fraction of sp³-hybridized carbons (Fsp3) is 0.462. The maximum Gasteiger partial charge on any atom is 0.178 e. The van der Waals surface area contributed by atoms with Gasteiger partial charge in [0.15, 0.2) is 16.3 Å². The van der Waals surface area contributed by atoms with Crippen molar-refractivity contribution < 1.29 is 14.2 Å². The van der Waals surface area contributed by atoms with Crippen molar-refractivity contribution in [2.75, 3.05) is 27.4 Å². The van der Waals surface area contributed by atoms with E-state index in [0.29, 0.717) is 36.0 Å². The van der Waals surface area contributed by atoms with Gasteiger partial charge in [-0.2, -0.15) is 0 Å². The summed E-state index contributed by atoms with van der Waals surface area (Å²) in [6.45, 7) is 4.02. The quantitative estimate of drug-likeness (QED) is 0.654. The molecule has 2 aromatic rings. The van der Waals surface area contributed by atoms with Crippen LogP contribution in [0.5, 0.6) is 11.5 Å². The van der Waals surface area contributed by atoms with Gasteiger partial charge in [-0.1, -0.05) is 0 Å². The van der Waals surface area contributed by atoms with Crippen molar-refractivity contribution >= 4 is 23.3 Å². The van der Waals surface area contributed by atoms with Gasteiger partial charge in [-0.15, -0.1) is 0 Å². The summed E-state index contributed by atoms with van der Waals surface area (Å²) in [4.78, 5) is 3.17. The summed E-state index contributed by atoms with van der Waals surface area (Å²) >= 11 is 5.33. The van der Waals surface area contributed by atoms with Gasteiger partial charge in [0.05, 0.1) is 31.9 Å². The molecule has 1 aromatic carbocycles. The van der Waals surface area contributed by atoms with Crippen LogP contribution in [0.2, 0.25) is 0 Å². The first-order chi connectivity index (χ1) is 9.21. The SMILES string of the molecule is CCOCCn1c(=S)[nH]c2cc(OC)c(OC)cc21. The Balaban J connectivity index is 2.46. The minimum absolute atomic E-state index is 0.631. The monoisotopic (exact) mass is 282 g/mol. The number of imidazole rings is 1. The highest BCUT2D eigenvalue weighted by Crippen LogP contribution is 2.31. The molecule has 1 aromatic heterocycles. The van der Waals surface area contributed by atoms with Crippen molar-refractivity contribution in [3.8, 4) is 11.5 Å². The van der Waals surface area contributed by atoms with Crippen LogP contribution in [-0.4, -0.2) is 37.0 Å². The highest BCUT2D eigenvalue weighted by molar-refractivity contribution is 7.71. The van der Waals surface area contributed by atoms with E-state index in [-0.39, 0.29) is 0 Å². The zero-order valence-electron chi connectivity index (χ0n) is 11.4. The Morgan fingerprint density at radius 1 is 1.21 bits per heavy atom. The van der Waals surface area contributed by atoms with E-state index in [1.165, 1.54) is 0 Å². The zero-order valence-corrected chi connectivity index (χ0v) is 12.2. The van der Waals surface area contributed by atoms with Gasteiger partial charge in [-0.3, -0.25) is 0 Å². The number of fused-ring (bicyclic) bond motifs is 1. The van der Waals surface area contributed by atoms with E-state index in [1.807, 2.05) is 23.6 Å². The van der Waals surface area contributed by atoms with Crippen molar-refractivity contribution in [2.24, 2.45) is 0 Å². The van der Waals surface area contributed by atoms with Crippen molar-refractivity contribution in [3.63, 3.8) is 0 Å². The molecule has 104 valence electrons. The Hall–Kier alpha value is -1.53. The second-order valence-corrected chi connectivity index (χ2v) is 4.39. The molecule has 0 bridgehead atoms. The number of aromatic nitrogens is 2. The topological polar surface area (TPSA) is 48.4 Å². The molecule has 0 aliphatic rings. The normalized spacial score (nSPS) is 10.9. The van der Waals surface area contributed by atoms with Crippen LogP contribution in [0.4, 0.5) is 0 Å². The van der Waals surface area contributed by atoms with Gasteiger partial charge in [0.1, 0.15) is 0 Å². The number of ether oxygens (including phenoxy) is 3. The van der Waals surface area contributed by atoms with Gasteiger partial charge in [-0.25, -0.2) is 0 Å². The molecule has 2 rings (SSSR count). The van der Waals surface area contributed by atoms with Gasteiger partial charge in [0, 0.05) is 25.3 Å². The van der Waals surface area contributed by atoms with Gasteiger partial charge in [0.25, 0.3) is 0 Å². The maximum absolute atomic E-state index is 5.38. The number of nitrogens with zero attached hydrogens (tertiary/aromatic N) is 1. The predicted molar refractivity (Wildman–Crippen MR) is 76.7 cm³/mol. The van der Waals surface area contributed by atoms with Gasteiger partial charge in [-0.05, 0) is 19.1 Å². The Labute approximate surface area is 117 Å². The van der Waals surface area contributed by atoms with Crippen LogP contribution < -0.4 is 9.47 Å². The minimum Gasteiger partial charge on any atom is -0.493 e. The zero-order chi connectivity index (χ0) is 13.8. The van der Waals surface area contributed by atoms with Crippen LogP contribution >= 0.6 is 12.2 Å². The molecule has 0 aliphatic carbocycles. The van der Waals surface area contributed by atoms with Crippen LogP contribution in [0.3, 0.4) is 0 Å². The Morgan fingerprint density at radius 3 is 2.53 bits per heavy atom. The average molecular weight is 282 g/mol. The van der Waals surface area contributed by atoms with Crippen molar-refractivity contribution in [1.29, 1.82) is 0 Å². The highest BCUT2D eigenvalue weighted by Gasteiger charge is 2.10. The lowest BCUT2D eigenvalue weighted by Gasteiger charge is -2.09. The third-order valence-corrected chi connectivity index (χ3v) is 3.27. The molecular formula is C13H18N2O3S. The molecule has 1 heterocycles. The largest absolute Gasteiger partial charge is 0.493 e. The number of aromatic amines is 1. The standard InChI is InChI=1S/C13H18N2O3S/c1-4-18-6-5-15-10-8-12(17-3)11(16-2)7-9(10)14-13(15)19/h7-8H,4-6H2,1-3H3,(H,14,19). The van der Waals surface area contributed by atoms with Crippen LogP contribution in [0, 0.1) is 4.77 Å². The molecule has 0 saturated heterocycles. The third kappa shape index (κ3) is 2.74. The second kappa shape index (κ2) is 6.08. The lowest BCUT2D eigenvalue weighted by molar-refractivity contribution is 0.139. The van der Waals surface area contributed by atoms with E-state index in [0.717, 1.165) is 11.0 Å². The predicted octanol–water partition coefficient (Wildman–Crippen LogP) is 2.75. The Kier molecular flexibility index (Phi) is 4.44. The summed E-state index contributed by atoms with van der Waals surface area (Å²) in [6.07, 6.45) is 0. The first kappa shape index (κ1) is 13.9. The van der Waals surface area contributed by atoms with E-state index < -0.39 is 0 Å². The average Bonchev–Trinajstić information content (AvgIpc) is 2.73. The summed E-state index contributed by atoms with van der Waals surface area (Å²) < 4.78 is 18.6. The molecule has 0 amide bonds. The number of nitrogens with one attached hydrogen (secondary N) is 1. The minimum atomic E-state index is 0.631. The van der Waals surface area contributed by atoms with Crippen molar-refractivity contribution in [2.45, 2.75) is 13.5 Å². The Morgan fingerprint density at radius 2 is 1.89 bits per heavy atom. The van der Waals surface area contributed by atoms with Crippen molar-refractivity contribution in [1.82, 2.24) is 9.55 Å². The number of hydrogen-bond donors (Lipinski definition) is 1. The molecule has 0 radical (unpaired) electrons. The van der Waals surface area contributed by atoms with Crippen LogP contribution in [0.1, 0.15) is 6.92 Å². The fourth-order valence-corrected chi connectivity index (χ4v) is 2.31. The summed E-state index contributed by atoms with van der Waals surface area (Å²) in [6, 6.07) is 3.81. The van der Waals surface area contributed by atoms with E-state index in [1.54, 1.807) is 14.2 Å². The molecule has 0 atom stereocenters. The van der Waals surface area contributed by atoms with Crippen LogP contribution in [0.15, 0.2) is 12.1 Å². The van der Waals surface area contributed by atoms with E-state index in [9.17, 15) is 0 Å². The molecule has 19 heavy (non-hydrogen) atoms. The van der Waals surface area contributed by atoms with E-state index in [2.05, 4.69) is 4.98 Å². The summed E-state index contributed by atoms with van der Waals surface area (Å²) in [5.41, 5.74) is 1.92. The molecule has 0 fully saturated rings. The molecule has 5 nitrogen and oxygen atoms in total. The van der Waals surface area contributed by atoms with E-state index in [4.69, 9.17) is 26.4 Å². The van der Waals surface area contributed by atoms with Crippen LogP contribution in [0.25, 0.3) is 11.0 Å². The lowest BCUT2D eigenvalue weighted by Crippen LogP contribution is -2.05. The molecular weight excluding hydrogens is 264 g/mol. The highest BCUT2D eigenvalue weighted by atomic mass is 32.1. The maximum atomic E-state index is 5.38. The molecule has 0 unspecified atom stereocenters. The molecule has 0 spiro atoms. The third-order valence-electron chi connectivity index (χ3n) is 2.94. The number of benzene rings is 1. The number of H-pyrrole nitrogens is 1. The molecule has 1 N–H and O–H groups in total. The van der Waals surface area contributed by atoms with Gasteiger partial charge >= 0.3 is 0 Å². The lowest BCUT2D eigenvalue weighted by atomic mass is 10.2. The first-order valence-corrected chi connectivity index (χ1v) is 6.54. The van der Waals surface area contributed by atoms with Crippen molar-refractivity contribution in [3.05, 3.63) is 16.9 Å². The van der Waals surface area contributed by atoms with Gasteiger partial charge in [0.2, 0.25) is 0 Å². The van der Waals surface area contributed by atoms with Crippen LogP contribution in [-0.2, 0) is 11.3 Å². The Bertz CT molecular complexity index is 618. The number of hydrogen-bond acceptors (Lipinski definition) is 4. The summed E-state index contributed by atoms with van der Waals surface area (Å²) in [7, 11) is 3.24. The summed E-state index contributed by atoms with van der Waals surface area (Å²) in [5.74, 6) is 1.37. The smallest absolute Gasteiger partial charge is 0.178 e. The number of methoxy groups -OCH3 is 2. The fourth-order valence-electron chi connectivity index (χ4n) is 2.01. The summed E-state index contributed by atoms with van der Waals surface area (Å²) in [5, 5.41) is 0. The molecule has 6 heteroatoms. The molecule has 0 saturated carbocycles. The second-order valence-electron chi connectivity index (χ2n) is 4.00.